The maximum absolute atomic E-state index is 11.6. The van der Waals surface area contributed by atoms with Gasteiger partial charge in [-0.25, -0.2) is 4.79 Å². The van der Waals surface area contributed by atoms with E-state index >= 15 is 0 Å². The minimum absolute atomic E-state index is 0.0918. The van der Waals surface area contributed by atoms with Crippen LogP contribution in [0.3, 0.4) is 0 Å². The molecule has 0 spiro atoms. The standard InChI is InChI=1S/C13H11N3O6S2/c1-22-11(17)6-9-12(18)15-13(23-9)16-14-7-8-4-2-3-5-10(8)24(19,20)21/h2-7H,1H3,(H,15,16,18)(H,19,20,21)/b9-6+,14-7?. The smallest absolute Gasteiger partial charge is 0.331 e. The van der Waals surface area contributed by atoms with Gasteiger partial charge in [-0.2, -0.15) is 13.5 Å². The summed E-state index contributed by atoms with van der Waals surface area (Å²) in [4.78, 5) is 22.5. The summed E-state index contributed by atoms with van der Waals surface area (Å²) in [5, 5.41) is 9.89. The normalized spacial score (nSPS) is 18.3. The van der Waals surface area contributed by atoms with Crippen molar-refractivity contribution < 1.29 is 27.3 Å². The summed E-state index contributed by atoms with van der Waals surface area (Å²) < 4.78 is 36.0. The number of rotatable bonds is 4. The Morgan fingerprint density at radius 1 is 1.38 bits per heavy atom. The molecule has 0 bridgehead atoms. The second kappa shape index (κ2) is 7.38. The van der Waals surface area contributed by atoms with Gasteiger partial charge in [-0.05, 0) is 17.8 Å². The van der Waals surface area contributed by atoms with E-state index in [0.29, 0.717) is 0 Å². The average molecular weight is 369 g/mol. The number of hydrogen-bond donors (Lipinski definition) is 2. The zero-order chi connectivity index (χ0) is 17.7. The van der Waals surface area contributed by atoms with Crippen molar-refractivity contribution in [3.05, 3.63) is 40.8 Å². The molecule has 0 radical (unpaired) electrons. The molecule has 2 N–H and O–H groups in total. The fourth-order valence-electron chi connectivity index (χ4n) is 1.61. The number of carbonyl (C=O) groups is 2. The lowest BCUT2D eigenvalue weighted by atomic mass is 10.2. The van der Waals surface area contributed by atoms with Crippen molar-refractivity contribution in [1.82, 2.24) is 5.32 Å². The summed E-state index contributed by atoms with van der Waals surface area (Å²) in [5.41, 5.74) is 0.129. The van der Waals surface area contributed by atoms with Crippen LogP contribution < -0.4 is 5.32 Å². The van der Waals surface area contributed by atoms with Crippen LogP contribution in [0.1, 0.15) is 5.56 Å². The molecule has 1 aliphatic rings. The van der Waals surface area contributed by atoms with Gasteiger partial charge in [0.15, 0.2) is 5.17 Å². The first-order valence-corrected chi connectivity index (χ1v) is 8.53. The van der Waals surface area contributed by atoms with Gasteiger partial charge >= 0.3 is 5.97 Å². The number of ether oxygens (including phenoxy) is 1. The van der Waals surface area contributed by atoms with Crippen molar-refractivity contribution in [1.29, 1.82) is 0 Å². The van der Waals surface area contributed by atoms with E-state index in [2.05, 4.69) is 20.3 Å². The number of benzene rings is 1. The van der Waals surface area contributed by atoms with Crippen molar-refractivity contribution in [3.63, 3.8) is 0 Å². The third kappa shape index (κ3) is 4.50. The quantitative estimate of drug-likeness (QED) is 0.260. The van der Waals surface area contributed by atoms with Crippen LogP contribution in [-0.4, -0.2) is 43.3 Å². The second-order valence-corrected chi connectivity index (χ2v) is 6.67. The topological polar surface area (TPSA) is 134 Å². The van der Waals surface area contributed by atoms with Crippen LogP contribution in [0.15, 0.2) is 50.3 Å². The van der Waals surface area contributed by atoms with E-state index in [1.54, 1.807) is 6.07 Å². The SMILES string of the molecule is COC(=O)/C=C1/S/C(=N\N=Cc2ccccc2S(=O)(=O)O)NC1=O. The molecule has 0 saturated carbocycles. The Labute approximate surface area is 141 Å². The fourth-order valence-corrected chi connectivity index (χ4v) is 3.01. The minimum atomic E-state index is -4.39. The van der Waals surface area contributed by atoms with Crippen LogP contribution in [0.4, 0.5) is 0 Å². The molecule has 126 valence electrons. The van der Waals surface area contributed by atoms with Crippen molar-refractivity contribution in [2.75, 3.05) is 7.11 Å². The predicted molar refractivity (Wildman–Crippen MR) is 87.1 cm³/mol. The number of amides is 1. The number of carbonyl (C=O) groups excluding carboxylic acids is 2. The van der Waals surface area contributed by atoms with Gasteiger partial charge in [-0.3, -0.25) is 14.7 Å². The van der Waals surface area contributed by atoms with E-state index in [9.17, 15) is 18.0 Å². The minimum Gasteiger partial charge on any atom is -0.466 e. The molecule has 0 unspecified atom stereocenters. The monoisotopic (exact) mass is 369 g/mol. The Morgan fingerprint density at radius 3 is 2.75 bits per heavy atom. The maximum atomic E-state index is 11.6. The largest absolute Gasteiger partial charge is 0.466 e. The van der Waals surface area contributed by atoms with E-state index in [1.807, 2.05) is 0 Å². The van der Waals surface area contributed by atoms with Gasteiger partial charge in [-0.1, -0.05) is 18.2 Å². The highest BCUT2D eigenvalue weighted by Crippen LogP contribution is 2.23. The number of methoxy groups -OCH3 is 1. The van der Waals surface area contributed by atoms with Crippen LogP contribution in [0, 0.1) is 0 Å². The lowest BCUT2D eigenvalue weighted by Gasteiger charge is -2.00. The maximum Gasteiger partial charge on any atom is 0.331 e. The molecule has 9 nitrogen and oxygen atoms in total. The zero-order valence-corrected chi connectivity index (χ0v) is 13.8. The van der Waals surface area contributed by atoms with Gasteiger partial charge in [0.05, 0.1) is 18.2 Å². The Hall–Kier alpha value is -2.50. The molecule has 1 fully saturated rings. The van der Waals surface area contributed by atoms with Gasteiger partial charge in [0, 0.05) is 11.6 Å². The van der Waals surface area contributed by atoms with Gasteiger partial charge in [0.2, 0.25) is 0 Å². The lowest BCUT2D eigenvalue weighted by Crippen LogP contribution is -2.19. The van der Waals surface area contributed by atoms with E-state index < -0.39 is 22.0 Å². The highest BCUT2D eigenvalue weighted by atomic mass is 32.2. The van der Waals surface area contributed by atoms with Crippen LogP contribution in [-0.2, 0) is 24.4 Å². The van der Waals surface area contributed by atoms with Crippen molar-refractivity contribution in [2.45, 2.75) is 4.90 Å². The molecular formula is C13H11N3O6S2. The zero-order valence-electron chi connectivity index (χ0n) is 12.2. The predicted octanol–water partition coefficient (Wildman–Crippen LogP) is 0.543. The third-order valence-corrected chi connectivity index (χ3v) is 4.47. The third-order valence-electron chi connectivity index (χ3n) is 2.64. The molecule has 0 aromatic heterocycles. The highest BCUT2D eigenvalue weighted by molar-refractivity contribution is 8.18. The van der Waals surface area contributed by atoms with E-state index in [0.717, 1.165) is 24.1 Å². The van der Waals surface area contributed by atoms with Crippen LogP contribution >= 0.6 is 11.8 Å². The molecule has 0 aliphatic carbocycles. The van der Waals surface area contributed by atoms with Gasteiger partial charge in [-0.15, -0.1) is 5.10 Å². The van der Waals surface area contributed by atoms with Crippen LogP contribution in [0.25, 0.3) is 0 Å². The molecule has 1 amide bonds. The van der Waals surface area contributed by atoms with Crippen molar-refractivity contribution in [3.8, 4) is 0 Å². The molecule has 0 atom stereocenters. The summed E-state index contributed by atoms with van der Waals surface area (Å²) in [5.74, 6) is -1.21. The Bertz CT molecular complexity index is 873. The second-order valence-electron chi connectivity index (χ2n) is 4.25. The summed E-state index contributed by atoms with van der Waals surface area (Å²) in [7, 11) is -3.21. The number of esters is 1. The van der Waals surface area contributed by atoms with Gasteiger partial charge < -0.3 is 4.74 Å². The number of thioether (sulfide) groups is 1. The molecule has 1 heterocycles. The molecule has 1 aliphatic heterocycles. The summed E-state index contributed by atoms with van der Waals surface area (Å²) in [6.45, 7) is 0. The van der Waals surface area contributed by atoms with E-state index in [4.69, 9.17) is 4.55 Å². The summed E-state index contributed by atoms with van der Waals surface area (Å²) in [6.07, 6.45) is 2.13. The number of nitrogens with zero attached hydrogens (tertiary/aromatic N) is 2. The Balaban J connectivity index is 2.18. The highest BCUT2D eigenvalue weighted by Gasteiger charge is 2.25. The van der Waals surface area contributed by atoms with Gasteiger partial charge in [0.1, 0.15) is 4.90 Å². The summed E-state index contributed by atoms with van der Waals surface area (Å²) in [6, 6.07) is 5.65. The number of amidine groups is 1. The molecule has 11 heteroatoms. The van der Waals surface area contributed by atoms with Crippen LogP contribution in [0.5, 0.6) is 0 Å². The van der Waals surface area contributed by atoms with Crippen molar-refractivity contribution >= 4 is 45.1 Å². The van der Waals surface area contributed by atoms with Crippen molar-refractivity contribution in [2.24, 2.45) is 10.2 Å². The molecule has 1 saturated heterocycles. The Morgan fingerprint density at radius 2 is 2.08 bits per heavy atom. The number of hydrogen-bond acceptors (Lipinski definition) is 8. The molecular weight excluding hydrogens is 358 g/mol. The van der Waals surface area contributed by atoms with Gasteiger partial charge in [0.25, 0.3) is 16.0 Å². The first kappa shape index (κ1) is 17.8. The average Bonchev–Trinajstić information content (AvgIpc) is 2.86. The summed E-state index contributed by atoms with van der Waals surface area (Å²) >= 11 is 0.876. The fraction of sp³-hybridized carbons (Fsp3) is 0.0769. The van der Waals surface area contributed by atoms with E-state index in [-0.39, 0.29) is 20.5 Å². The molecule has 24 heavy (non-hydrogen) atoms. The van der Waals surface area contributed by atoms with E-state index in [1.165, 1.54) is 25.3 Å². The Kier molecular flexibility index (Phi) is 5.49. The number of nitrogens with one attached hydrogen (secondary N) is 1. The first-order chi connectivity index (χ1) is 11.3. The first-order valence-electron chi connectivity index (χ1n) is 6.27. The van der Waals surface area contributed by atoms with Crippen LogP contribution in [0.2, 0.25) is 0 Å². The molecule has 1 aromatic carbocycles. The lowest BCUT2D eigenvalue weighted by molar-refractivity contribution is -0.135. The molecule has 1 aromatic rings. The molecule has 2 rings (SSSR count).